The van der Waals surface area contributed by atoms with Gasteiger partial charge in [0.1, 0.15) is 12.4 Å². The molecule has 0 aliphatic carbocycles. The van der Waals surface area contributed by atoms with Gasteiger partial charge in [-0.1, -0.05) is 11.6 Å². The number of nitrogens with zero attached hydrogens (tertiary/aromatic N) is 1. The quantitative estimate of drug-likeness (QED) is 0.808. The molecule has 1 aromatic heterocycles. The summed E-state index contributed by atoms with van der Waals surface area (Å²) >= 11 is 5.99. The molecule has 0 amide bonds. The smallest absolute Gasteiger partial charge is 0.339 e. The van der Waals surface area contributed by atoms with Crippen LogP contribution in [0.1, 0.15) is 27.2 Å². The van der Waals surface area contributed by atoms with Gasteiger partial charge in [-0.05, 0) is 49.2 Å². The van der Waals surface area contributed by atoms with Gasteiger partial charge in [-0.3, -0.25) is 4.98 Å². The largest absolute Gasteiger partial charge is 0.487 e. The molecule has 0 unspecified atom stereocenters. The number of carbonyl (C=O) groups is 1. The van der Waals surface area contributed by atoms with Crippen LogP contribution in [0.2, 0.25) is 5.02 Å². The average Bonchev–Trinajstić information content (AvgIpc) is 2.46. The third-order valence-electron chi connectivity index (χ3n) is 3.04. The minimum Gasteiger partial charge on any atom is -0.487 e. The highest BCUT2D eigenvalue weighted by Gasteiger charge is 2.08. The zero-order chi connectivity index (χ0) is 15.4. The van der Waals surface area contributed by atoms with Crippen molar-refractivity contribution in [2.45, 2.75) is 20.5 Å². The number of esters is 1. The molecular weight excluding hydrogens is 290 g/mol. The third kappa shape index (κ3) is 3.73. The highest BCUT2D eigenvalue weighted by molar-refractivity contribution is 6.30. The Morgan fingerprint density at radius 3 is 2.43 bits per heavy atom. The van der Waals surface area contributed by atoms with Crippen molar-refractivity contribution in [3.05, 3.63) is 57.9 Å². The van der Waals surface area contributed by atoms with Crippen LogP contribution >= 0.6 is 11.6 Å². The van der Waals surface area contributed by atoms with Crippen LogP contribution in [-0.4, -0.2) is 18.1 Å². The molecule has 0 atom stereocenters. The van der Waals surface area contributed by atoms with E-state index in [4.69, 9.17) is 16.3 Å². The van der Waals surface area contributed by atoms with Gasteiger partial charge in [-0.25, -0.2) is 4.79 Å². The summed E-state index contributed by atoms with van der Waals surface area (Å²) in [6.07, 6.45) is 1.48. The maximum absolute atomic E-state index is 11.3. The molecule has 0 saturated heterocycles. The predicted molar refractivity (Wildman–Crippen MR) is 80.8 cm³/mol. The summed E-state index contributed by atoms with van der Waals surface area (Å²) in [7, 11) is 1.34. The minimum absolute atomic E-state index is 0.324. The molecule has 5 heteroatoms. The zero-order valence-electron chi connectivity index (χ0n) is 12.1. The number of aromatic nitrogens is 1. The highest BCUT2D eigenvalue weighted by Crippen LogP contribution is 2.27. The fourth-order valence-electron chi connectivity index (χ4n) is 2.02. The second-order valence-electron chi connectivity index (χ2n) is 4.69. The second-order valence-corrected chi connectivity index (χ2v) is 5.12. The van der Waals surface area contributed by atoms with Gasteiger partial charge in [0.2, 0.25) is 0 Å². The Labute approximate surface area is 128 Å². The Bertz CT molecular complexity index is 630. The van der Waals surface area contributed by atoms with Crippen LogP contribution < -0.4 is 4.74 Å². The van der Waals surface area contributed by atoms with Gasteiger partial charge in [0, 0.05) is 11.2 Å². The number of ether oxygens (including phenoxy) is 2. The molecule has 0 bridgehead atoms. The van der Waals surface area contributed by atoms with Crippen molar-refractivity contribution in [3.63, 3.8) is 0 Å². The molecule has 2 rings (SSSR count). The lowest BCUT2D eigenvalue weighted by atomic mass is 10.1. The Kier molecular flexibility index (Phi) is 4.81. The van der Waals surface area contributed by atoms with E-state index in [0.717, 1.165) is 22.6 Å². The number of carbonyl (C=O) groups excluding carboxylic acids is 1. The maximum atomic E-state index is 11.3. The zero-order valence-corrected chi connectivity index (χ0v) is 12.9. The van der Waals surface area contributed by atoms with Crippen molar-refractivity contribution in [2.75, 3.05) is 7.11 Å². The van der Waals surface area contributed by atoms with Gasteiger partial charge in [-0.15, -0.1) is 0 Å². The molecule has 2 aromatic rings. The van der Waals surface area contributed by atoms with Gasteiger partial charge in [0.05, 0.1) is 18.4 Å². The van der Waals surface area contributed by atoms with Gasteiger partial charge >= 0.3 is 5.97 Å². The Morgan fingerprint density at radius 1 is 1.24 bits per heavy atom. The normalized spacial score (nSPS) is 10.3. The SMILES string of the molecule is COC(=O)c1ccc(COc2c(C)cc(Cl)cc2C)nc1. The van der Waals surface area contributed by atoms with E-state index in [0.29, 0.717) is 17.2 Å². The lowest BCUT2D eigenvalue weighted by molar-refractivity contribution is 0.0600. The molecular formula is C16H16ClNO3. The summed E-state index contributed by atoms with van der Waals surface area (Å²) in [5, 5.41) is 0.693. The van der Waals surface area contributed by atoms with Crippen molar-refractivity contribution < 1.29 is 14.3 Å². The first-order valence-electron chi connectivity index (χ1n) is 6.44. The number of pyridine rings is 1. The molecule has 0 aliphatic heterocycles. The Balaban J connectivity index is 2.08. The third-order valence-corrected chi connectivity index (χ3v) is 3.25. The summed E-state index contributed by atoms with van der Waals surface area (Å²) < 4.78 is 10.4. The fourth-order valence-corrected chi connectivity index (χ4v) is 2.35. The fraction of sp³-hybridized carbons (Fsp3) is 0.250. The maximum Gasteiger partial charge on any atom is 0.339 e. The van der Waals surface area contributed by atoms with Crippen molar-refractivity contribution in [2.24, 2.45) is 0 Å². The molecule has 0 fully saturated rings. The molecule has 4 nitrogen and oxygen atoms in total. The lowest BCUT2D eigenvalue weighted by Crippen LogP contribution is -2.05. The Hall–Kier alpha value is -2.07. The van der Waals surface area contributed by atoms with Crippen LogP contribution in [0, 0.1) is 13.8 Å². The van der Waals surface area contributed by atoms with Crippen LogP contribution in [0.4, 0.5) is 0 Å². The molecule has 0 aliphatic rings. The van der Waals surface area contributed by atoms with Crippen molar-refractivity contribution >= 4 is 17.6 Å². The summed E-state index contributed by atoms with van der Waals surface area (Å²) in [6, 6.07) is 7.13. The van der Waals surface area contributed by atoms with E-state index in [-0.39, 0.29) is 0 Å². The standard InChI is InChI=1S/C16H16ClNO3/c1-10-6-13(17)7-11(2)15(10)21-9-14-5-4-12(8-18-14)16(19)20-3/h4-8H,9H2,1-3H3. The number of aryl methyl sites for hydroxylation is 2. The number of benzene rings is 1. The molecule has 0 saturated carbocycles. The summed E-state index contributed by atoms with van der Waals surface area (Å²) in [5.41, 5.74) is 3.11. The van der Waals surface area contributed by atoms with Crippen molar-refractivity contribution in [1.82, 2.24) is 4.98 Å². The van der Waals surface area contributed by atoms with Crippen LogP contribution in [0.25, 0.3) is 0 Å². The van der Waals surface area contributed by atoms with Gasteiger partial charge in [0.25, 0.3) is 0 Å². The molecule has 0 spiro atoms. The van der Waals surface area contributed by atoms with E-state index in [1.165, 1.54) is 13.3 Å². The van der Waals surface area contributed by atoms with Crippen LogP contribution in [0.15, 0.2) is 30.5 Å². The van der Waals surface area contributed by atoms with E-state index in [9.17, 15) is 4.79 Å². The summed E-state index contributed by atoms with van der Waals surface area (Å²) in [6.45, 7) is 4.22. The van der Waals surface area contributed by atoms with Gasteiger partial charge in [-0.2, -0.15) is 0 Å². The number of rotatable bonds is 4. The number of hydrogen-bond donors (Lipinski definition) is 0. The molecule has 0 radical (unpaired) electrons. The number of hydrogen-bond acceptors (Lipinski definition) is 4. The summed E-state index contributed by atoms with van der Waals surface area (Å²) in [5.74, 6) is 0.401. The van der Waals surface area contributed by atoms with E-state index >= 15 is 0 Å². The first-order chi connectivity index (χ1) is 10.0. The minimum atomic E-state index is -0.403. The van der Waals surface area contributed by atoms with Crippen molar-refractivity contribution in [3.8, 4) is 5.75 Å². The van der Waals surface area contributed by atoms with E-state index in [1.807, 2.05) is 26.0 Å². The van der Waals surface area contributed by atoms with Gasteiger partial charge in [0.15, 0.2) is 0 Å². The van der Waals surface area contributed by atoms with E-state index in [1.54, 1.807) is 12.1 Å². The predicted octanol–water partition coefficient (Wildman–Crippen LogP) is 3.72. The molecule has 110 valence electrons. The van der Waals surface area contributed by atoms with Gasteiger partial charge < -0.3 is 9.47 Å². The average molecular weight is 306 g/mol. The topological polar surface area (TPSA) is 48.4 Å². The highest BCUT2D eigenvalue weighted by atomic mass is 35.5. The van der Waals surface area contributed by atoms with E-state index in [2.05, 4.69) is 9.72 Å². The molecule has 1 aromatic carbocycles. The first kappa shape index (κ1) is 15.3. The molecule has 1 heterocycles. The second kappa shape index (κ2) is 6.59. The molecule has 21 heavy (non-hydrogen) atoms. The summed E-state index contributed by atoms with van der Waals surface area (Å²) in [4.78, 5) is 15.5. The van der Waals surface area contributed by atoms with Crippen LogP contribution in [0.5, 0.6) is 5.75 Å². The number of halogens is 1. The van der Waals surface area contributed by atoms with Crippen molar-refractivity contribution in [1.29, 1.82) is 0 Å². The molecule has 0 N–H and O–H groups in total. The van der Waals surface area contributed by atoms with Crippen LogP contribution in [-0.2, 0) is 11.3 Å². The Morgan fingerprint density at radius 2 is 1.90 bits per heavy atom. The monoisotopic (exact) mass is 305 g/mol. The van der Waals surface area contributed by atoms with Crippen LogP contribution in [0.3, 0.4) is 0 Å². The lowest BCUT2D eigenvalue weighted by Gasteiger charge is -2.12. The first-order valence-corrected chi connectivity index (χ1v) is 6.82. The number of methoxy groups -OCH3 is 1. The van der Waals surface area contributed by atoms with E-state index < -0.39 is 5.97 Å².